The van der Waals surface area contributed by atoms with Crippen LogP contribution in [0.4, 0.5) is 10.1 Å². The van der Waals surface area contributed by atoms with E-state index in [1.807, 2.05) is 0 Å². The van der Waals surface area contributed by atoms with Crippen LogP contribution < -0.4 is 4.74 Å². The minimum absolute atomic E-state index is 0.0896. The topological polar surface area (TPSA) is 52.4 Å². The predicted molar refractivity (Wildman–Crippen MR) is 52.3 cm³/mol. The second kappa shape index (κ2) is 4.90. The van der Waals surface area contributed by atoms with Crippen molar-refractivity contribution in [2.75, 3.05) is 13.3 Å². The summed E-state index contributed by atoms with van der Waals surface area (Å²) in [6, 6.07) is 4.14. The molecule has 0 unspecified atom stereocenters. The number of nitrogens with zero attached hydrogens (tertiary/aromatic N) is 1. The van der Waals surface area contributed by atoms with E-state index in [1.165, 1.54) is 12.1 Å². The largest absolute Gasteiger partial charge is 0.491 e. The molecule has 4 nitrogen and oxygen atoms in total. The monoisotopic (exact) mass is 263 g/mol. The molecule has 0 N–H and O–H groups in total. The van der Waals surface area contributed by atoms with Gasteiger partial charge in [-0.2, -0.15) is 0 Å². The number of hydrogen-bond acceptors (Lipinski definition) is 3. The van der Waals surface area contributed by atoms with Crippen molar-refractivity contribution in [1.82, 2.24) is 0 Å². The summed E-state index contributed by atoms with van der Waals surface area (Å²) in [6.07, 6.45) is 0. The van der Waals surface area contributed by atoms with Crippen LogP contribution in [0.1, 0.15) is 0 Å². The highest BCUT2D eigenvalue weighted by Gasteiger charge is 2.09. The Balaban J connectivity index is 2.89. The van der Waals surface area contributed by atoms with E-state index in [2.05, 4.69) is 15.9 Å². The van der Waals surface area contributed by atoms with Crippen LogP contribution in [0.2, 0.25) is 0 Å². The first-order valence-electron chi connectivity index (χ1n) is 3.77. The number of alkyl halides is 1. The Labute approximate surface area is 88.0 Å². The fourth-order valence-corrected chi connectivity index (χ4v) is 1.35. The number of benzene rings is 1. The molecular formula is C8H7BrFNO3. The van der Waals surface area contributed by atoms with Crippen molar-refractivity contribution >= 4 is 21.6 Å². The molecule has 76 valence electrons. The minimum atomic E-state index is -0.625. The lowest BCUT2D eigenvalue weighted by Gasteiger charge is -2.03. The normalized spacial score (nSPS) is 9.86. The van der Waals surface area contributed by atoms with E-state index in [9.17, 15) is 14.5 Å². The highest BCUT2D eigenvalue weighted by atomic mass is 79.9. The van der Waals surface area contributed by atoms with Gasteiger partial charge in [-0.1, -0.05) is 15.9 Å². The zero-order chi connectivity index (χ0) is 10.6. The third-order valence-corrected chi connectivity index (χ3v) is 1.87. The number of non-ortho nitro benzene ring substituents is 1. The van der Waals surface area contributed by atoms with E-state index >= 15 is 0 Å². The molecule has 0 aliphatic rings. The van der Waals surface area contributed by atoms with Crippen LogP contribution in [0.5, 0.6) is 5.75 Å². The minimum Gasteiger partial charge on any atom is -0.491 e. The van der Waals surface area contributed by atoms with E-state index in [0.29, 0.717) is 4.47 Å². The van der Waals surface area contributed by atoms with Crippen LogP contribution in [0.3, 0.4) is 0 Å². The molecule has 0 saturated carbocycles. The third kappa shape index (κ3) is 2.95. The Morgan fingerprint density at radius 3 is 2.79 bits per heavy atom. The standard InChI is InChI=1S/C8H7BrFNO3/c9-6-3-7(11(12)13)5-8(4-6)14-2-1-10/h3-5H,1-2H2. The SMILES string of the molecule is O=[N+]([O-])c1cc(Br)cc(OCCF)c1. The molecule has 0 aliphatic heterocycles. The van der Waals surface area contributed by atoms with Gasteiger partial charge in [0.25, 0.3) is 5.69 Å². The molecule has 0 radical (unpaired) electrons. The first-order valence-corrected chi connectivity index (χ1v) is 4.56. The van der Waals surface area contributed by atoms with Crippen LogP contribution in [0, 0.1) is 10.1 Å². The molecule has 0 fully saturated rings. The lowest BCUT2D eigenvalue weighted by molar-refractivity contribution is -0.385. The van der Waals surface area contributed by atoms with Crippen LogP contribution in [0.25, 0.3) is 0 Å². The molecule has 0 atom stereocenters. The van der Waals surface area contributed by atoms with Crippen molar-refractivity contribution in [3.8, 4) is 5.75 Å². The molecule has 0 heterocycles. The fraction of sp³-hybridized carbons (Fsp3) is 0.250. The number of hydrogen-bond donors (Lipinski definition) is 0. The van der Waals surface area contributed by atoms with Crippen molar-refractivity contribution in [3.63, 3.8) is 0 Å². The molecule has 0 amide bonds. The quantitative estimate of drug-likeness (QED) is 0.620. The van der Waals surface area contributed by atoms with Gasteiger partial charge >= 0.3 is 0 Å². The molecule has 1 rings (SSSR count). The summed E-state index contributed by atoms with van der Waals surface area (Å²) in [5.41, 5.74) is -0.0896. The average Bonchev–Trinajstić information content (AvgIpc) is 2.14. The summed E-state index contributed by atoms with van der Waals surface area (Å²) in [5.74, 6) is 0.281. The van der Waals surface area contributed by atoms with Crippen molar-refractivity contribution < 1.29 is 14.1 Å². The molecule has 0 aliphatic carbocycles. The molecule has 6 heteroatoms. The maximum Gasteiger partial charge on any atom is 0.274 e. The number of nitro benzene ring substituents is 1. The lowest BCUT2D eigenvalue weighted by Crippen LogP contribution is -1.99. The second-order valence-corrected chi connectivity index (χ2v) is 3.36. The third-order valence-electron chi connectivity index (χ3n) is 1.41. The summed E-state index contributed by atoms with van der Waals surface area (Å²) in [6.45, 7) is -0.728. The zero-order valence-corrected chi connectivity index (χ0v) is 8.66. The smallest absolute Gasteiger partial charge is 0.274 e. The van der Waals surface area contributed by atoms with Gasteiger partial charge in [0.2, 0.25) is 0 Å². The van der Waals surface area contributed by atoms with Gasteiger partial charge < -0.3 is 4.74 Å². The van der Waals surface area contributed by atoms with Gasteiger partial charge in [-0.05, 0) is 6.07 Å². The van der Waals surface area contributed by atoms with Gasteiger partial charge in [0.05, 0.1) is 11.0 Å². The Kier molecular flexibility index (Phi) is 3.82. The summed E-state index contributed by atoms with van der Waals surface area (Å²) in [4.78, 5) is 9.90. The van der Waals surface area contributed by atoms with Crippen molar-refractivity contribution in [1.29, 1.82) is 0 Å². The first kappa shape index (κ1) is 10.9. The molecule has 0 saturated heterocycles. The van der Waals surface area contributed by atoms with Gasteiger partial charge in [0.1, 0.15) is 19.0 Å². The molecule has 1 aromatic rings. The van der Waals surface area contributed by atoms with Crippen molar-refractivity contribution in [2.45, 2.75) is 0 Å². The lowest BCUT2D eigenvalue weighted by atomic mass is 10.3. The van der Waals surface area contributed by atoms with Crippen LogP contribution in [0.15, 0.2) is 22.7 Å². The average molecular weight is 264 g/mol. The summed E-state index contributed by atoms with van der Waals surface area (Å²) < 4.78 is 17.2. The zero-order valence-electron chi connectivity index (χ0n) is 7.07. The van der Waals surface area contributed by atoms with Gasteiger partial charge in [-0.25, -0.2) is 4.39 Å². The van der Waals surface area contributed by atoms with Crippen LogP contribution in [-0.2, 0) is 0 Å². The highest BCUT2D eigenvalue weighted by molar-refractivity contribution is 9.10. The van der Waals surface area contributed by atoms with Gasteiger partial charge in [0.15, 0.2) is 0 Å². The second-order valence-electron chi connectivity index (χ2n) is 2.44. The van der Waals surface area contributed by atoms with Crippen molar-refractivity contribution in [3.05, 3.63) is 32.8 Å². The number of nitro groups is 1. The van der Waals surface area contributed by atoms with Crippen molar-refractivity contribution in [2.24, 2.45) is 0 Å². The number of halogens is 2. The van der Waals surface area contributed by atoms with Crippen LogP contribution in [-0.4, -0.2) is 18.2 Å². The molecule has 0 aromatic heterocycles. The summed E-state index contributed by atoms with van der Waals surface area (Å²) in [7, 11) is 0. The van der Waals surface area contributed by atoms with Gasteiger partial charge in [0, 0.05) is 10.5 Å². The number of rotatable bonds is 4. The van der Waals surface area contributed by atoms with E-state index in [0.717, 1.165) is 0 Å². The van der Waals surface area contributed by atoms with Gasteiger partial charge in [-0.3, -0.25) is 10.1 Å². The Bertz CT molecular complexity index is 345. The number of ether oxygens (including phenoxy) is 1. The van der Waals surface area contributed by atoms with Crippen LogP contribution >= 0.6 is 15.9 Å². The molecule has 0 bridgehead atoms. The first-order chi connectivity index (χ1) is 6.63. The Morgan fingerprint density at radius 2 is 2.21 bits per heavy atom. The fourth-order valence-electron chi connectivity index (χ4n) is 0.893. The predicted octanol–water partition coefficient (Wildman–Crippen LogP) is 2.71. The van der Waals surface area contributed by atoms with E-state index < -0.39 is 11.6 Å². The maximum absolute atomic E-state index is 11.8. The molecular weight excluding hydrogens is 257 g/mol. The Hall–Kier alpha value is -1.17. The molecule has 1 aromatic carbocycles. The summed E-state index contributed by atoms with van der Waals surface area (Å²) in [5, 5.41) is 10.4. The van der Waals surface area contributed by atoms with E-state index in [-0.39, 0.29) is 18.0 Å². The molecule has 14 heavy (non-hydrogen) atoms. The van der Waals surface area contributed by atoms with E-state index in [4.69, 9.17) is 4.74 Å². The summed E-state index contributed by atoms with van der Waals surface area (Å²) >= 11 is 3.10. The highest BCUT2D eigenvalue weighted by Crippen LogP contribution is 2.25. The van der Waals surface area contributed by atoms with E-state index in [1.54, 1.807) is 6.07 Å². The van der Waals surface area contributed by atoms with Gasteiger partial charge in [-0.15, -0.1) is 0 Å². The Morgan fingerprint density at radius 1 is 1.50 bits per heavy atom. The molecule has 0 spiro atoms. The maximum atomic E-state index is 11.8.